The van der Waals surface area contributed by atoms with Crippen molar-refractivity contribution in [1.29, 1.82) is 0 Å². The summed E-state index contributed by atoms with van der Waals surface area (Å²) in [6.07, 6.45) is 1.66. The highest BCUT2D eigenvalue weighted by Crippen LogP contribution is 2.29. The fraction of sp³-hybridized carbons (Fsp3) is 0.533. The number of likely N-dealkylation sites (N-methyl/N-ethyl adjacent to an activating group) is 1. The highest BCUT2D eigenvalue weighted by Gasteiger charge is 2.25. The predicted octanol–water partition coefficient (Wildman–Crippen LogP) is 1.76. The molecular weight excluding hydrogens is 254 g/mol. The molecule has 3 N–H and O–H groups in total. The molecule has 0 saturated heterocycles. The number of aryl methyl sites for hydroxylation is 1. The van der Waals surface area contributed by atoms with E-state index in [0.29, 0.717) is 6.42 Å². The number of fused-ring (bicyclic) bond motifs is 1. The van der Waals surface area contributed by atoms with Crippen molar-refractivity contribution in [2.45, 2.75) is 38.8 Å². The predicted molar refractivity (Wildman–Crippen MR) is 79.4 cm³/mol. The van der Waals surface area contributed by atoms with Gasteiger partial charge in [0.1, 0.15) is 17.7 Å². The van der Waals surface area contributed by atoms with Crippen molar-refractivity contribution in [3.05, 3.63) is 29.3 Å². The van der Waals surface area contributed by atoms with Crippen LogP contribution in [0.1, 0.15) is 24.5 Å². The number of nitrogens with zero attached hydrogens (tertiary/aromatic N) is 2. The molecule has 20 heavy (non-hydrogen) atoms. The second-order valence-electron chi connectivity index (χ2n) is 5.64. The molecule has 0 fully saturated rings. The first-order chi connectivity index (χ1) is 9.49. The Kier molecular flexibility index (Phi) is 4.49. The molecule has 0 aliphatic carbocycles. The Morgan fingerprint density at radius 1 is 1.60 bits per heavy atom. The van der Waals surface area contributed by atoms with Gasteiger partial charge in [0.25, 0.3) is 0 Å². The minimum Gasteiger partial charge on any atom is -0.488 e. The van der Waals surface area contributed by atoms with Crippen LogP contribution in [0.25, 0.3) is 0 Å². The second-order valence-corrected chi connectivity index (χ2v) is 5.64. The molecule has 2 rings (SSSR count). The average Bonchev–Trinajstić information content (AvgIpc) is 2.79. The van der Waals surface area contributed by atoms with E-state index in [9.17, 15) is 0 Å². The lowest BCUT2D eigenvalue weighted by Crippen LogP contribution is -2.39. The Balaban J connectivity index is 1.89. The lowest BCUT2D eigenvalue weighted by molar-refractivity contribution is 0.145. The van der Waals surface area contributed by atoms with Crippen molar-refractivity contribution in [1.82, 2.24) is 4.90 Å². The standard InChI is InChI=1S/C15H23N3O2/c1-10-4-5-14-12(6-10)8-13(20-14)9-18(3)11(2)7-15(16)17-19/h4-6,11,13,19H,7-9H2,1-3H3,(H2,16,17). The minimum absolute atomic E-state index is 0.173. The van der Waals surface area contributed by atoms with Crippen LogP contribution in [-0.4, -0.2) is 41.7 Å². The molecule has 1 aliphatic heterocycles. The molecule has 0 amide bonds. The zero-order chi connectivity index (χ0) is 14.7. The highest BCUT2D eigenvalue weighted by atomic mass is 16.5. The second kappa shape index (κ2) is 6.13. The van der Waals surface area contributed by atoms with E-state index >= 15 is 0 Å². The molecule has 5 heteroatoms. The maximum absolute atomic E-state index is 8.61. The monoisotopic (exact) mass is 277 g/mol. The summed E-state index contributed by atoms with van der Waals surface area (Å²) < 4.78 is 5.96. The van der Waals surface area contributed by atoms with Gasteiger partial charge in [0, 0.05) is 25.4 Å². The summed E-state index contributed by atoms with van der Waals surface area (Å²) in [5, 5.41) is 11.6. The van der Waals surface area contributed by atoms with Crippen LogP contribution in [0.4, 0.5) is 0 Å². The van der Waals surface area contributed by atoms with Gasteiger partial charge in [-0.25, -0.2) is 0 Å². The van der Waals surface area contributed by atoms with Gasteiger partial charge in [-0.05, 0) is 32.5 Å². The maximum atomic E-state index is 8.61. The molecule has 0 aromatic heterocycles. The topological polar surface area (TPSA) is 71.1 Å². The molecule has 0 radical (unpaired) electrons. The average molecular weight is 277 g/mol. The molecular formula is C15H23N3O2. The van der Waals surface area contributed by atoms with Crippen LogP contribution >= 0.6 is 0 Å². The summed E-state index contributed by atoms with van der Waals surface area (Å²) in [6, 6.07) is 6.52. The van der Waals surface area contributed by atoms with Gasteiger partial charge < -0.3 is 15.7 Å². The Labute approximate surface area is 120 Å². The lowest BCUT2D eigenvalue weighted by atomic mass is 10.1. The van der Waals surface area contributed by atoms with Gasteiger partial charge >= 0.3 is 0 Å². The first-order valence-electron chi connectivity index (χ1n) is 6.92. The summed E-state index contributed by atoms with van der Waals surface area (Å²) in [5.74, 6) is 1.26. The summed E-state index contributed by atoms with van der Waals surface area (Å²) in [4.78, 5) is 2.18. The van der Waals surface area contributed by atoms with E-state index in [4.69, 9.17) is 15.7 Å². The van der Waals surface area contributed by atoms with E-state index in [1.165, 1.54) is 11.1 Å². The Hall–Kier alpha value is -1.75. The third kappa shape index (κ3) is 3.42. The van der Waals surface area contributed by atoms with Crippen molar-refractivity contribution < 1.29 is 9.94 Å². The summed E-state index contributed by atoms with van der Waals surface area (Å²) in [7, 11) is 2.03. The zero-order valence-electron chi connectivity index (χ0n) is 12.3. The van der Waals surface area contributed by atoms with Crippen LogP contribution in [0.15, 0.2) is 23.4 Å². The minimum atomic E-state index is 0.173. The largest absolute Gasteiger partial charge is 0.488 e. The molecule has 0 bridgehead atoms. The van der Waals surface area contributed by atoms with Crippen molar-refractivity contribution in [2.24, 2.45) is 10.9 Å². The third-order valence-electron chi connectivity index (χ3n) is 3.83. The van der Waals surface area contributed by atoms with Gasteiger partial charge in [-0.3, -0.25) is 4.90 Å². The normalized spacial score (nSPS) is 19.8. The number of nitrogens with two attached hydrogens (primary N) is 1. The summed E-state index contributed by atoms with van der Waals surface area (Å²) in [6.45, 7) is 4.98. The number of benzene rings is 1. The smallest absolute Gasteiger partial charge is 0.140 e. The van der Waals surface area contributed by atoms with Crippen LogP contribution in [0.5, 0.6) is 5.75 Å². The van der Waals surface area contributed by atoms with Gasteiger partial charge in [-0.2, -0.15) is 0 Å². The number of hydrogen-bond donors (Lipinski definition) is 2. The maximum Gasteiger partial charge on any atom is 0.140 e. The van der Waals surface area contributed by atoms with Crippen molar-refractivity contribution in [3.63, 3.8) is 0 Å². The van der Waals surface area contributed by atoms with Crippen LogP contribution in [0.3, 0.4) is 0 Å². The van der Waals surface area contributed by atoms with E-state index in [2.05, 4.69) is 36.0 Å². The Morgan fingerprint density at radius 3 is 3.05 bits per heavy atom. The fourth-order valence-corrected chi connectivity index (χ4v) is 2.55. The first-order valence-corrected chi connectivity index (χ1v) is 6.92. The number of rotatable bonds is 5. The van der Waals surface area contributed by atoms with Crippen LogP contribution < -0.4 is 10.5 Å². The molecule has 1 aromatic carbocycles. The number of oxime groups is 1. The molecule has 1 aliphatic rings. The third-order valence-corrected chi connectivity index (χ3v) is 3.83. The molecule has 2 unspecified atom stereocenters. The van der Waals surface area contributed by atoms with Crippen molar-refractivity contribution >= 4 is 5.84 Å². The van der Waals surface area contributed by atoms with E-state index in [1.807, 2.05) is 13.1 Å². The number of amidine groups is 1. The molecule has 1 heterocycles. The van der Waals surface area contributed by atoms with Gasteiger partial charge in [0.15, 0.2) is 0 Å². The lowest BCUT2D eigenvalue weighted by Gasteiger charge is -2.26. The summed E-state index contributed by atoms with van der Waals surface area (Å²) >= 11 is 0. The van der Waals surface area contributed by atoms with Gasteiger partial charge in [-0.1, -0.05) is 22.9 Å². The van der Waals surface area contributed by atoms with E-state index in [1.54, 1.807) is 0 Å². The first kappa shape index (κ1) is 14.7. The van der Waals surface area contributed by atoms with E-state index < -0.39 is 0 Å². The molecule has 0 saturated carbocycles. The van der Waals surface area contributed by atoms with Crippen molar-refractivity contribution in [3.8, 4) is 5.75 Å². The van der Waals surface area contributed by atoms with Crippen LogP contribution in [0.2, 0.25) is 0 Å². The van der Waals surface area contributed by atoms with Gasteiger partial charge in [0.2, 0.25) is 0 Å². The molecule has 110 valence electrons. The molecule has 5 nitrogen and oxygen atoms in total. The van der Waals surface area contributed by atoms with Crippen LogP contribution in [-0.2, 0) is 6.42 Å². The fourth-order valence-electron chi connectivity index (χ4n) is 2.55. The molecule has 1 aromatic rings. The Morgan fingerprint density at radius 2 is 2.35 bits per heavy atom. The van der Waals surface area contributed by atoms with E-state index in [-0.39, 0.29) is 18.0 Å². The van der Waals surface area contributed by atoms with Crippen molar-refractivity contribution in [2.75, 3.05) is 13.6 Å². The number of ether oxygens (including phenoxy) is 1. The summed E-state index contributed by atoms with van der Waals surface area (Å²) in [5.41, 5.74) is 8.10. The highest BCUT2D eigenvalue weighted by molar-refractivity contribution is 5.80. The van der Waals surface area contributed by atoms with Gasteiger partial charge in [0.05, 0.1) is 0 Å². The van der Waals surface area contributed by atoms with E-state index in [0.717, 1.165) is 18.7 Å². The quantitative estimate of drug-likeness (QED) is 0.372. The SMILES string of the molecule is Cc1ccc2c(c1)CC(CN(C)C(C)CC(N)=NO)O2. The Bertz CT molecular complexity index is 502. The molecule has 0 spiro atoms. The zero-order valence-corrected chi connectivity index (χ0v) is 12.3. The number of hydrogen-bond acceptors (Lipinski definition) is 4. The van der Waals surface area contributed by atoms with Crippen LogP contribution in [0, 0.1) is 6.92 Å². The molecule has 2 atom stereocenters. The van der Waals surface area contributed by atoms with Gasteiger partial charge in [-0.15, -0.1) is 0 Å².